The number of hydrogen-bond donors (Lipinski definition) is 1. The quantitative estimate of drug-likeness (QED) is 0.556. The van der Waals surface area contributed by atoms with Gasteiger partial charge in [0.15, 0.2) is 0 Å². The molecule has 0 saturated heterocycles. The van der Waals surface area contributed by atoms with Gasteiger partial charge in [-0.15, -0.1) is 11.8 Å². The Bertz CT molecular complexity index is 779. The summed E-state index contributed by atoms with van der Waals surface area (Å²) in [6.45, 7) is 2.00. The second-order valence-corrected chi connectivity index (χ2v) is 6.01. The fourth-order valence-electron chi connectivity index (χ4n) is 2.16. The number of rotatable bonds is 3. The molecule has 0 aliphatic carbocycles. The molecule has 21 heavy (non-hydrogen) atoms. The Hall–Kier alpha value is -2.13. The van der Waals surface area contributed by atoms with Crippen LogP contribution < -0.4 is 0 Å². The maximum absolute atomic E-state index is 8.11. The predicted molar refractivity (Wildman–Crippen MR) is 91.0 cm³/mol. The Morgan fingerprint density at radius 2 is 1.86 bits per heavy atom. The van der Waals surface area contributed by atoms with Gasteiger partial charge in [0, 0.05) is 11.9 Å². The van der Waals surface area contributed by atoms with Crippen molar-refractivity contribution in [1.29, 1.82) is 5.41 Å². The molecule has 0 amide bonds. The van der Waals surface area contributed by atoms with E-state index in [1.54, 1.807) is 6.20 Å². The molecular weight excluding hydrogens is 276 g/mol. The number of benzene rings is 2. The second-order valence-electron chi connectivity index (χ2n) is 5.02. The smallest absolute Gasteiger partial charge is 0.113 e. The van der Waals surface area contributed by atoms with Crippen LogP contribution in [0.2, 0.25) is 0 Å². The minimum Gasteiger partial charge on any atom is -0.292 e. The summed E-state index contributed by atoms with van der Waals surface area (Å²) in [5.74, 6) is 0.791. The highest BCUT2D eigenvalue weighted by Crippen LogP contribution is 2.21. The normalized spacial score (nSPS) is 10.7. The van der Waals surface area contributed by atoms with Gasteiger partial charge in [0.1, 0.15) is 5.04 Å². The monoisotopic (exact) mass is 292 g/mol. The molecule has 104 valence electrons. The highest BCUT2D eigenvalue weighted by atomic mass is 32.2. The SMILES string of the molecule is Cc1ccc(C(=N)SCc2ccc3ccccc3c2)nc1. The average Bonchev–Trinajstić information content (AvgIpc) is 2.53. The van der Waals surface area contributed by atoms with Crippen LogP contribution in [0.15, 0.2) is 60.8 Å². The predicted octanol–water partition coefficient (Wildman–Crippen LogP) is 4.80. The van der Waals surface area contributed by atoms with Gasteiger partial charge in [0.25, 0.3) is 0 Å². The van der Waals surface area contributed by atoms with E-state index in [0.717, 1.165) is 17.0 Å². The summed E-state index contributed by atoms with van der Waals surface area (Å²) in [5, 5.41) is 11.1. The summed E-state index contributed by atoms with van der Waals surface area (Å²) >= 11 is 1.52. The minimum absolute atomic E-state index is 0.517. The molecule has 3 aromatic rings. The van der Waals surface area contributed by atoms with Gasteiger partial charge >= 0.3 is 0 Å². The molecule has 0 spiro atoms. The van der Waals surface area contributed by atoms with E-state index in [1.165, 1.54) is 28.1 Å². The molecule has 0 unspecified atom stereocenters. The lowest BCUT2D eigenvalue weighted by atomic mass is 10.1. The number of thioether (sulfide) groups is 1. The molecule has 0 radical (unpaired) electrons. The standard InChI is InChI=1S/C18H16N2S/c1-13-6-9-17(20-11-13)18(19)21-12-14-7-8-15-4-2-3-5-16(15)10-14/h2-11,19H,12H2,1H3. The van der Waals surface area contributed by atoms with Gasteiger partial charge in [0.05, 0.1) is 5.69 Å². The van der Waals surface area contributed by atoms with E-state index in [2.05, 4.69) is 47.4 Å². The van der Waals surface area contributed by atoms with E-state index in [-0.39, 0.29) is 0 Å². The Morgan fingerprint density at radius 1 is 1.05 bits per heavy atom. The molecule has 1 heterocycles. The Morgan fingerprint density at radius 3 is 2.62 bits per heavy atom. The molecule has 2 nitrogen and oxygen atoms in total. The largest absolute Gasteiger partial charge is 0.292 e. The van der Waals surface area contributed by atoms with Crippen molar-refractivity contribution in [1.82, 2.24) is 4.98 Å². The summed E-state index contributed by atoms with van der Waals surface area (Å²) < 4.78 is 0. The van der Waals surface area contributed by atoms with Crippen LogP contribution in [-0.2, 0) is 5.75 Å². The Labute approximate surface area is 128 Å². The Balaban J connectivity index is 1.71. The fraction of sp³-hybridized carbons (Fsp3) is 0.111. The van der Waals surface area contributed by atoms with Crippen molar-refractivity contribution < 1.29 is 0 Å². The van der Waals surface area contributed by atoms with Gasteiger partial charge in [-0.3, -0.25) is 10.4 Å². The van der Waals surface area contributed by atoms with Gasteiger partial charge in [-0.1, -0.05) is 48.5 Å². The van der Waals surface area contributed by atoms with Crippen molar-refractivity contribution in [2.24, 2.45) is 0 Å². The van der Waals surface area contributed by atoms with Crippen molar-refractivity contribution in [3.05, 3.63) is 77.6 Å². The van der Waals surface area contributed by atoms with E-state index in [9.17, 15) is 0 Å². The third-order valence-corrected chi connectivity index (χ3v) is 4.32. The molecule has 1 aromatic heterocycles. The molecular formula is C18H16N2S. The van der Waals surface area contributed by atoms with Crippen LogP contribution >= 0.6 is 11.8 Å². The fourth-order valence-corrected chi connectivity index (χ4v) is 2.92. The molecule has 0 saturated carbocycles. The highest BCUT2D eigenvalue weighted by molar-refractivity contribution is 8.13. The van der Waals surface area contributed by atoms with Crippen LogP contribution in [0.3, 0.4) is 0 Å². The zero-order chi connectivity index (χ0) is 14.7. The van der Waals surface area contributed by atoms with E-state index >= 15 is 0 Å². The van der Waals surface area contributed by atoms with Crippen LogP contribution in [0.4, 0.5) is 0 Å². The summed E-state index contributed by atoms with van der Waals surface area (Å²) in [6.07, 6.45) is 1.81. The van der Waals surface area contributed by atoms with Gasteiger partial charge in [-0.05, 0) is 34.9 Å². The molecule has 0 aliphatic rings. The van der Waals surface area contributed by atoms with Crippen molar-refractivity contribution in [2.75, 3.05) is 0 Å². The van der Waals surface area contributed by atoms with Crippen LogP contribution in [0, 0.1) is 12.3 Å². The van der Waals surface area contributed by atoms with Crippen molar-refractivity contribution in [3.63, 3.8) is 0 Å². The number of nitrogens with one attached hydrogen (secondary N) is 1. The topological polar surface area (TPSA) is 36.7 Å². The first-order valence-corrected chi connectivity index (χ1v) is 7.83. The minimum atomic E-state index is 0.517. The van der Waals surface area contributed by atoms with Crippen LogP contribution in [0.5, 0.6) is 0 Å². The summed E-state index contributed by atoms with van der Waals surface area (Å²) in [4.78, 5) is 4.30. The molecule has 0 bridgehead atoms. The lowest BCUT2D eigenvalue weighted by Crippen LogP contribution is -1.98. The average molecular weight is 292 g/mol. The zero-order valence-electron chi connectivity index (χ0n) is 11.8. The molecule has 0 fully saturated rings. The van der Waals surface area contributed by atoms with E-state index < -0.39 is 0 Å². The number of hydrogen-bond acceptors (Lipinski definition) is 3. The van der Waals surface area contributed by atoms with Crippen molar-refractivity contribution >= 4 is 27.6 Å². The van der Waals surface area contributed by atoms with Gasteiger partial charge in [-0.25, -0.2) is 0 Å². The summed E-state index contributed by atoms with van der Waals surface area (Å²) in [6, 6.07) is 18.7. The second kappa shape index (κ2) is 6.10. The Kier molecular flexibility index (Phi) is 4.02. The third-order valence-electron chi connectivity index (χ3n) is 3.34. The van der Waals surface area contributed by atoms with Gasteiger partial charge in [0.2, 0.25) is 0 Å². The number of aromatic nitrogens is 1. The van der Waals surface area contributed by atoms with E-state index in [0.29, 0.717) is 5.04 Å². The number of aryl methyl sites for hydroxylation is 1. The zero-order valence-corrected chi connectivity index (χ0v) is 12.7. The van der Waals surface area contributed by atoms with Crippen molar-refractivity contribution in [3.8, 4) is 0 Å². The molecule has 0 aliphatic heterocycles. The lowest BCUT2D eigenvalue weighted by molar-refractivity contribution is 1.24. The van der Waals surface area contributed by atoms with Crippen LogP contribution in [-0.4, -0.2) is 10.0 Å². The van der Waals surface area contributed by atoms with Gasteiger partial charge in [-0.2, -0.15) is 0 Å². The molecule has 3 rings (SSSR count). The number of nitrogens with zero attached hydrogens (tertiary/aromatic N) is 1. The summed E-state index contributed by atoms with van der Waals surface area (Å²) in [7, 11) is 0. The first-order valence-electron chi connectivity index (χ1n) is 6.84. The van der Waals surface area contributed by atoms with E-state index in [4.69, 9.17) is 5.41 Å². The van der Waals surface area contributed by atoms with Crippen LogP contribution in [0.25, 0.3) is 10.8 Å². The maximum Gasteiger partial charge on any atom is 0.113 e. The van der Waals surface area contributed by atoms with E-state index in [1.807, 2.05) is 19.1 Å². The molecule has 3 heteroatoms. The number of fused-ring (bicyclic) bond motifs is 1. The first kappa shape index (κ1) is 13.8. The molecule has 0 atom stereocenters. The third kappa shape index (κ3) is 3.31. The van der Waals surface area contributed by atoms with Crippen LogP contribution in [0.1, 0.15) is 16.8 Å². The maximum atomic E-state index is 8.11. The molecule has 1 N–H and O–H groups in total. The molecule has 2 aromatic carbocycles. The highest BCUT2D eigenvalue weighted by Gasteiger charge is 2.04. The lowest BCUT2D eigenvalue weighted by Gasteiger charge is -2.05. The summed E-state index contributed by atoms with van der Waals surface area (Å²) in [5.41, 5.74) is 3.09. The number of pyridine rings is 1. The van der Waals surface area contributed by atoms with Gasteiger partial charge < -0.3 is 0 Å². The first-order chi connectivity index (χ1) is 10.2. The van der Waals surface area contributed by atoms with Crippen molar-refractivity contribution in [2.45, 2.75) is 12.7 Å².